The van der Waals surface area contributed by atoms with Crippen molar-refractivity contribution in [2.75, 3.05) is 33.4 Å². The highest BCUT2D eigenvalue weighted by atomic mass is 35.5. The van der Waals surface area contributed by atoms with Crippen LogP contribution in [-0.4, -0.2) is 38.3 Å². The summed E-state index contributed by atoms with van der Waals surface area (Å²) in [6, 6.07) is 8.87. The molecule has 0 spiro atoms. The van der Waals surface area contributed by atoms with Gasteiger partial charge in [0.05, 0.1) is 13.2 Å². The number of ether oxygens (including phenoxy) is 1. The quantitative estimate of drug-likeness (QED) is 0.747. The summed E-state index contributed by atoms with van der Waals surface area (Å²) in [4.78, 5) is 2.26. The van der Waals surface area contributed by atoms with Gasteiger partial charge in [0.25, 0.3) is 0 Å². The highest BCUT2D eigenvalue weighted by molar-refractivity contribution is 5.85. The van der Waals surface area contributed by atoms with Crippen LogP contribution in [0.3, 0.4) is 0 Å². The summed E-state index contributed by atoms with van der Waals surface area (Å²) in [5.74, 6) is 0.599. The number of hydrogen-bond acceptors (Lipinski definition) is 3. The van der Waals surface area contributed by atoms with Crippen molar-refractivity contribution in [2.45, 2.75) is 26.3 Å². The average Bonchev–Trinajstić information content (AvgIpc) is 2.35. The Bertz CT molecular complexity index is 327. The van der Waals surface area contributed by atoms with Crippen LogP contribution in [0, 0.1) is 0 Å². The van der Waals surface area contributed by atoms with Crippen molar-refractivity contribution in [3.05, 3.63) is 35.4 Å². The Morgan fingerprint density at radius 3 is 2.32 bits per heavy atom. The predicted molar refractivity (Wildman–Crippen MR) is 84.0 cm³/mol. The fourth-order valence-electron chi connectivity index (χ4n) is 1.80. The number of rotatable bonds is 8. The molecular weight excluding hydrogens is 260 g/mol. The zero-order chi connectivity index (χ0) is 13.4. The lowest BCUT2D eigenvalue weighted by Gasteiger charge is -2.17. The Morgan fingerprint density at radius 2 is 1.79 bits per heavy atom. The molecule has 4 heteroatoms. The second kappa shape index (κ2) is 10.2. The molecule has 0 saturated carbocycles. The lowest BCUT2D eigenvalue weighted by Crippen LogP contribution is -2.23. The van der Waals surface area contributed by atoms with Crippen molar-refractivity contribution < 1.29 is 4.74 Å². The van der Waals surface area contributed by atoms with Crippen LogP contribution >= 0.6 is 12.4 Å². The molecular formula is C15H27ClN2O. The SMILES string of the molecule is CC(C)c1ccc(CN(C)CCOCCN)cc1.Cl. The van der Waals surface area contributed by atoms with E-state index in [1.54, 1.807) is 0 Å². The lowest BCUT2D eigenvalue weighted by molar-refractivity contribution is 0.115. The Hall–Kier alpha value is -0.610. The van der Waals surface area contributed by atoms with Crippen molar-refractivity contribution in [1.29, 1.82) is 0 Å². The summed E-state index contributed by atoms with van der Waals surface area (Å²) in [6.45, 7) is 8.33. The zero-order valence-corrected chi connectivity index (χ0v) is 13.1. The van der Waals surface area contributed by atoms with Gasteiger partial charge in [-0.15, -0.1) is 12.4 Å². The first-order chi connectivity index (χ1) is 8.63. The molecule has 0 heterocycles. The highest BCUT2D eigenvalue weighted by Crippen LogP contribution is 2.15. The second-order valence-corrected chi connectivity index (χ2v) is 5.04. The third-order valence-corrected chi connectivity index (χ3v) is 2.98. The van der Waals surface area contributed by atoms with Crippen molar-refractivity contribution in [1.82, 2.24) is 4.90 Å². The van der Waals surface area contributed by atoms with E-state index in [1.807, 2.05) is 0 Å². The van der Waals surface area contributed by atoms with Crippen molar-refractivity contribution in [2.24, 2.45) is 5.73 Å². The van der Waals surface area contributed by atoms with Crippen LogP contribution in [0.4, 0.5) is 0 Å². The van der Waals surface area contributed by atoms with Crippen LogP contribution in [0.25, 0.3) is 0 Å². The van der Waals surface area contributed by atoms with Gasteiger partial charge in [-0.3, -0.25) is 4.90 Å². The highest BCUT2D eigenvalue weighted by Gasteiger charge is 2.02. The maximum atomic E-state index is 5.38. The number of likely N-dealkylation sites (N-methyl/N-ethyl adjacent to an activating group) is 1. The molecule has 3 nitrogen and oxygen atoms in total. The second-order valence-electron chi connectivity index (χ2n) is 5.04. The fraction of sp³-hybridized carbons (Fsp3) is 0.600. The predicted octanol–water partition coefficient (Wildman–Crippen LogP) is 2.64. The molecule has 2 N–H and O–H groups in total. The minimum atomic E-state index is 0. The topological polar surface area (TPSA) is 38.5 Å². The first-order valence-corrected chi connectivity index (χ1v) is 6.68. The van der Waals surface area contributed by atoms with Crippen molar-refractivity contribution in [3.63, 3.8) is 0 Å². The van der Waals surface area contributed by atoms with Crippen LogP contribution in [0.1, 0.15) is 30.9 Å². The molecule has 0 aromatic heterocycles. The van der Waals surface area contributed by atoms with Crippen LogP contribution < -0.4 is 5.73 Å². The van der Waals surface area contributed by atoms with E-state index in [-0.39, 0.29) is 12.4 Å². The van der Waals surface area contributed by atoms with Gasteiger partial charge in [0.15, 0.2) is 0 Å². The molecule has 0 fully saturated rings. The number of hydrogen-bond donors (Lipinski definition) is 1. The van der Waals surface area contributed by atoms with Crippen LogP contribution in [0.15, 0.2) is 24.3 Å². The number of benzene rings is 1. The molecule has 0 aliphatic rings. The van der Waals surface area contributed by atoms with Gasteiger partial charge in [0, 0.05) is 19.6 Å². The third-order valence-electron chi connectivity index (χ3n) is 2.98. The molecule has 0 atom stereocenters. The van der Waals surface area contributed by atoms with Gasteiger partial charge >= 0.3 is 0 Å². The Labute approximate surface area is 123 Å². The molecule has 1 aromatic carbocycles. The largest absolute Gasteiger partial charge is 0.379 e. The molecule has 0 amide bonds. The molecule has 0 bridgehead atoms. The van der Waals surface area contributed by atoms with E-state index >= 15 is 0 Å². The van der Waals surface area contributed by atoms with E-state index < -0.39 is 0 Å². The van der Waals surface area contributed by atoms with Gasteiger partial charge in [-0.05, 0) is 24.1 Å². The maximum Gasteiger partial charge on any atom is 0.0594 e. The van der Waals surface area contributed by atoms with Gasteiger partial charge in [0.1, 0.15) is 0 Å². The van der Waals surface area contributed by atoms with Crippen molar-refractivity contribution >= 4 is 12.4 Å². The van der Waals surface area contributed by atoms with E-state index in [9.17, 15) is 0 Å². The minimum absolute atomic E-state index is 0. The molecule has 1 aromatic rings. The van der Waals surface area contributed by atoms with E-state index in [2.05, 4.69) is 50.1 Å². The zero-order valence-electron chi connectivity index (χ0n) is 12.3. The summed E-state index contributed by atoms with van der Waals surface area (Å²) >= 11 is 0. The van der Waals surface area contributed by atoms with Gasteiger partial charge in [-0.1, -0.05) is 38.1 Å². The summed E-state index contributed by atoms with van der Waals surface area (Å²) < 4.78 is 5.38. The molecule has 1 rings (SSSR count). The Morgan fingerprint density at radius 1 is 1.16 bits per heavy atom. The summed E-state index contributed by atoms with van der Waals surface area (Å²) in [5.41, 5.74) is 8.11. The first kappa shape index (κ1) is 18.4. The number of nitrogens with zero attached hydrogens (tertiary/aromatic N) is 1. The normalized spacial score (nSPS) is 10.8. The van der Waals surface area contributed by atoms with E-state index in [0.29, 0.717) is 19.1 Å². The van der Waals surface area contributed by atoms with Crippen molar-refractivity contribution in [3.8, 4) is 0 Å². The van der Waals surface area contributed by atoms with Gasteiger partial charge in [0.2, 0.25) is 0 Å². The summed E-state index contributed by atoms with van der Waals surface area (Å²) in [5, 5.41) is 0. The Balaban J connectivity index is 0.00000324. The van der Waals surface area contributed by atoms with Gasteiger partial charge in [-0.25, -0.2) is 0 Å². The van der Waals surface area contributed by atoms with E-state index in [1.165, 1.54) is 11.1 Å². The number of nitrogens with two attached hydrogens (primary N) is 1. The number of halogens is 1. The third kappa shape index (κ3) is 7.53. The van der Waals surface area contributed by atoms with Gasteiger partial charge in [-0.2, -0.15) is 0 Å². The van der Waals surface area contributed by atoms with Gasteiger partial charge < -0.3 is 10.5 Å². The molecule has 0 unspecified atom stereocenters. The first-order valence-electron chi connectivity index (χ1n) is 6.68. The van der Waals surface area contributed by atoms with Crippen LogP contribution in [0.2, 0.25) is 0 Å². The van der Waals surface area contributed by atoms with E-state index in [0.717, 1.165) is 19.7 Å². The monoisotopic (exact) mass is 286 g/mol. The van der Waals surface area contributed by atoms with Crippen LogP contribution in [-0.2, 0) is 11.3 Å². The molecule has 110 valence electrons. The summed E-state index contributed by atoms with van der Waals surface area (Å²) in [7, 11) is 2.11. The maximum absolute atomic E-state index is 5.38. The summed E-state index contributed by atoms with van der Waals surface area (Å²) in [6.07, 6.45) is 0. The lowest BCUT2D eigenvalue weighted by atomic mass is 10.0. The Kier molecular flexibility index (Phi) is 9.88. The van der Waals surface area contributed by atoms with E-state index in [4.69, 9.17) is 10.5 Å². The molecule has 0 saturated heterocycles. The fourth-order valence-corrected chi connectivity index (χ4v) is 1.80. The van der Waals surface area contributed by atoms with Crippen LogP contribution in [0.5, 0.6) is 0 Å². The standard InChI is InChI=1S/C15H26N2O.ClH/c1-13(2)15-6-4-14(5-7-15)12-17(3)9-11-18-10-8-16;/h4-7,13H,8-12,16H2,1-3H3;1H. The smallest absolute Gasteiger partial charge is 0.0594 e. The molecule has 0 aliphatic heterocycles. The molecule has 19 heavy (non-hydrogen) atoms. The minimum Gasteiger partial charge on any atom is -0.379 e. The molecule has 0 aliphatic carbocycles. The molecule has 0 radical (unpaired) electrons. The average molecular weight is 287 g/mol.